The van der Waals surface area contributed by atoms with Crippen LogP contribution in [0.2, 0.25) is 0 Å². The smallest absolute Gasteiger partial charge is 0.191 e. The van der Waals surface area contributed by atoms with Crippen LogP contribution >= 0.6 is 24.0 Å². The summed E-state index contributed by atoms with van der Waals surface area (Å²) in [5.41, 5.74) is 0.641. The molecule has 1 aromatic rings. The molecule has 0 saturated heterocycles. The van der Waals surface area contributed by atoms with Crippen LogP contribution in [0.4, 0.5) is 8.78 Å². The molecule has 1 atom stereocenters. The predicted octanol–water partition coefficient (Wildman–Crippen LogP) is 3.64. The van der Waals surface area contributed by atoms with Crippen molar-refractivity contribution in [1.29, 1.82) is 0 Å². The van der Waals surface area contributed by atoms with Crippen molar-refractivity contribution in [2.45, 2.75) is 32.7 Å². The third-order valence-corrected chi connectivity index (χ3v) is 3.57. The van der Waals surface area contributed by atoms with Gasteiger partial charge in [0.25, 0.3) is 0 Å². The average Bonchev–Trinajstić information content (AvgIpc) is 2.61. The summed E-state index contributed by atoms with van der Waals surface area (Å²) in [7, 11) is 1.65. The highest BCUT2D eigenvalue weighted by atomic mass is 127. The first-order valence-electron chi connectivity index (χ1n) is 8.66. The Hall–Kier alpha value is -1.00. The molecule has 0 aromatic heterocycles. The first-order chi connectivity index (χ1) is 12.1. The van der Waals surface area contributed by atoms with Crippen LogP contribution < -0.4 is 10.6 Å². The van der Waals surface area contributed by atoms with Crippen LogP contribution in [0.5, 0.6) is 0 Å². The lowest BCUT2D eigenvalue weighted by atomic mass is 10.1. The van der Waals surface area contributed by atoms with Crippen LogP contribution in [0.3, 0.4) is 0 Å². The number of ether oxygens (including phenoxy) is 2. The molecule has 8 heteroatoms. The SMILES string of the molecule is CCCCOCCOCCNC(=NC)NC(C)c1ccc(F)c(F)c1.I. The second-order valence-electron chi connectivity index (χ2n) is 5.62. The van der Waals surface area contributed by atoms with Crippen molar-refractivity contribution in [2.75, 3.05) is 40.0 Å². The van der Waals surface area contributed by atoms with E-state index < -0.39 is 11.6 Å². The molecule has 0 aliphatic rings. The van der Waals surface area contributed by atoms with Crippen LogP contribution in [0.15, 0.2) is 23.2 Å². The highest BCUT2D eigenvalue weighted by Crippen LogP contribution is 2.15. The van der Waals surface area contributed by atoms with Gasteiger partial charge in [-0.15, -0.1) is 24.0 Å². The molecule has 0 aliphatic carbocycles. The molecule has 0 radical (unpaired) electrons. The lowest BCUT2D eigenvalue weighted by molar-refractivity contribution is 0.0487. The van der Waals surface area contributed by atoms with Gasteiger partial charge in [-0.3, -0.25) is 4.99 Å². The average molecular weight is 485 g/mol. The summed E-state index contributed by atoms with van der Waals surface area (Å²) in [6.07, 6.45) is 2.19. The molecule has 150 valence electrons. The Morgan fingerprint density at radius 1 is 1.12 bits per heavy atom. The summed E-state index contributed by atoms with van der Waals surface area (Å²) in [6, 6.07) is 3.64. The van der Waals surface area contributed by atoms with Gasteiger partial charge in [0.1, 0.15) is 0 Å². The standard InChI is InChI=1S/C18H29F2N3O2.HI/c1-4-5-9-24-11-12-25-10-8-22-18(21-3)23-14(2)15-6-7-16(19)17(20)13-15;/h6-7,13-14H,4-5,8-12H2,1-3H3,(H2,21,22,23);1H. The number of nitrogens with zero attached hydrogens (tertiary/aromatic N) is 1. The predicted molar refractivity (Wildman–Crippen MR) is 111 cm³/mol. The number of rotatable bonds is 11. The summed E-state index contributed by atoms with van der Waals surface area (Å²) in [4.78, 5) is 4.11. The van der Waals surface area contributed by atoms with Gasteiger partial charge in [-0.05, 0) is 31.0 Å². The van der Waals surface area contributed by atoms with E-state index in [2.05, 4.69) is 22.5 Å². The van der Waals surface area contributed by atoms with Gasteiger partial charge in [0.05, 0.1) is 25.9 Å². The van der Waals surface area contributed by atoms with Gasteiger partial charge in [-0.25, -0.2) is 8.78 Å². The van der Waals surface area contributed by atoms with Crippen LogP contribution in [0.1, 0.15) is 38.3 Å². The van der Waals surface area contributed by atoms with Gasteiger partial charge < -0.3 is 20.1 Å². The third-order valence-electron chi connectivity index (χ3n) is 3.57. The van der Waals surface area contributed by atoms with E-state index in [0.717, 1.165) is 25.5 Å². The molecule has 0 aliphatic heterocycles. The summed E-state index contributed by atoms with van der Waals surface area (Å²) in [6.45, 7) is 7.01. The third kappa shape index (κ3) is 10.2. The van der Waals surface area contributed by atoms with E-state index >= 15 is 0 Å². The summed E-state index contributed by atoms with van der Waals surface area (Å²) in [5, 5.41) is 6.24. The number of unbranched alkanes of at least 4 members (excludes halogenated alkanes) is 1. The highest BCUT2D eigenvalue weighted by molar-refractivity contribution is 14.0. The van der Waals surface area contributed by atoms with E-state index in [9.17, 15) is 8.78 Å². The summed E-state index contributed by atoms with van der Waals surface area (Å²) >= 11 is 0. The maximum Gasteiger partial charge on any atom is 0.191 e. The van der Waals surface area contributed by atoms with Gasteiger partial charge in [-0.1, -0.05) is 19.4 Å². The Labute approximate surface area is 172 Å². The largest absolute Gasteiger partial charge is 0.379 e. The van der Waals surface area contributed by atoms with Crippen molar-refractivity contribution in [3.8, 4) is 0 Å². The summed E-state index contributed by atoms with van der Waals surface area (Å²) in [5.74, 6) is -1.14. The highest BCUT2D eigenvalue weighted by Gasteiger charge is 2.10. The Morgan fingerprint density at radius 2 is 1.81 bits per heavy atom. The minimum atomic E-state index is -0.858. The lowest BCUT2D eigenvalue weighted by Crippen LogP contribution is -2.40. The Kier molecular flexibility index (Phi) is 14.5. The first-order valence-corrected chi connectivity index (χ1v) is 8.66. The molecule has 1 rings (SSSR count). The fourth-order valence-corrected chi connectivity index (χ4v) is 2.07. The van der Waals surface area contributed by atoms with Crippen LogP contribution in [-0.2, 0) is 9.47 Å². The zero-order valence-corrected chi connectivity index (χ0v) is 18.0. The Bertz CT molecular complexity index is 533. The fourth-order valence-electron chi connectivity index (χ4n) is 2.07. The van der Waals surface area contributed by atoms with Gasteiger partial charge in [-0.2, -0.15) is 0 Å². The van der Waals surface area contributed by atoms with Gasteiger partial charge >= 0.3 is 0 Å². The maximum atomic E-state index is 13.3. The van der Waals surface area contributed by atoms with Crippen LogP contribution in [0, 0.1) is 11.6 Å². The van der Waals surface area contributed by atoms with Crippen LogP contribution in [-0.4, -0.2) is 46.0 Å². The summed E-state index contributed by atoms with van der Waals surface area (Å²) < 4.78 is 37.2. The zero-order chi connectivity index (χ0) is 18.5. The van der Waals surface area contributed by atoms with Crippen molar-refractivity contribution in [1.82, 2.24) is 10.6 Å². The first kappa shape index (κ1) is 25.0. The molecule has 1 unspecified atom stereocenters. The molecule has 0 amide bonds. The normalized spacial score (nSPS) is 12.4. The molecule has 5 nitrogen and oxygen atoms in total. The molecule has 0 fully saturated rings. The monoisotopic (exact) mass is 485 g/mol. The molecular formula is C18H30F2IN3O2. The minimum Gasteiger partial charge on any atom is -0.379 e. The number of guanidine groups is 1. The van der Waals surface area contributed by atoms with Gasteiger partial charge in [0, 0.05) is 20.2 Å². The molecule has 26 heavy (non-hydrogen) atoms. The topological polar surface area (TPSA) is 54.9 Å². The van der Waals surface area contributed by atoms with E-state index in [4.69, 9.17) is 9.47 Å². The number of hydrogen-bond donors (Lipinski definition) is 2. The van der Waals surface area contributed by atoms with Gasteiger partial charge in [0.2, 0.25) is 0 Å². The number of benzene rings is 1. The van der Waals surface area contributed by atoms with Crippen LogP contribution in [0.25, 0.3) is 0 Å². The van der Waals surface area contributed by atoms with E-state index in [1.165, 1.54) is 6.07 Å². The molecule has 0 bridgehead atoms. The fraction of sp³-hybridized carbons (Fsp3) is 0.611. The molecule has 0 spiro atoms. The molecule has 2 N–H and O–H groups in total. The second kappa shape index (κ2) is 15.1. The molecule has 0 saturated carbocycles. The van der Waals surface area contributed by atoms with E-state index in [-0.39, 0.29) is 30.0 Å². The second-order valence-corrected chi connectivity index (χ2v) is 5.62. The number of halogens is 3. The molecular weight excluding hydrogens is 455 g/mol. The Morgan fingerprint density at radius 3 is 2.42 bits per heavy atom. The zero-order valence-electron chi connectivity index (χ0n) is 15.7. The van der Waals surface area contributed by atoms with Crippen molar-refractivity contribution in [2.24, 2.45) is 4.99 Å². The van der Waals surface area contributed by atoms with Crippen molar-refractivity contribution >= 4 is 29.9 Å². The molecule has 0 heterocycles. The minimum absolute atomic E-state index is 0. The Balaban J connectivity index is 0.00000625. The van der Waals surface area contributed by atoms with E-state index in [0.29, 0.717) is 37.9 Å². The van der Waals surface area contributed by atoms with Crippen molar-refractivity contribution < 1.29 is 18.3 Å². The number of nitrogens with one attached hydrogen (secondary N) is 2. The maximum absolute atomic E-state index is 13.3. The molecule has 1 aromatic carbocycles. The lowest BCUT2D eigenvalue weighted by Gasteiger charge is -2.18. The quantitative estimate of drug-likeness (QED) is 0.218. The van der Waals surface area contributed by atoms with E-state index in [1.54, 1.807) is 13.1 Å². The van der Waals surface area contributed by atoms with Gasteiger partial charge in [0.15, 0.2) is 17.6 Å². The number of aliphatic imine (C=N–C) groups is 1. The van der Waals surface area contributed by atoms with E-state index in [1.807, 2.05) is 6.92 Å². The van der Waals surface area contributed by atoms with Crippen molar-refractivity contribution in [3.05, 3.63) is 35.4 Å². The number of hydrogen-bond acceptors (Lipinski definition) is 3. The van der Waals surface area contributed by atoms with Crippen molar-refractivity contribution in [3.63, 3.8) is 0 Å².